The maximum absolute atomic E-state index is 6.32. The van der Waals surface area contributed by atoms with Crippen molar-refractivity contribution in [2.75, 3.05) is 13.2 Å². The van der Waals surface area contributed by atoms with Crippen molar-refractivity contribution in [1.82, 2.24) is 0 Å². The molecule has 2 unspecified atom stereocenters. The minimum atomic E-state index is 0.280. The SMILES string of the molecule is ClC1CCCC1c1ccc2c(c1)OCCO2. The molecule has 1 aliphatic carbocycles. The molecule has 1 fully saturated rings. The molecular formula is C13H15ClO2. The molecule has 3 heteroatoms. The number of hydrogen-bond donors (Lipinski definition) is 0. The molecular weight excluding hydrogens is 224 g/mol. The molecule has 2 aliphatic rings. The van der Waals surface area contributed by atoms with Crippen LogP contribution < -0.4 is 9.47 Å². The van der Waals surface area contributed by atoms with Crippen LogP contribution in [-0.4, -0.2) is 18.6 Å². The average molecular weight is 239 g/mol. The second kappa shape index (κ2) is 4.17. The molecule has 2 atom stereocenters. The van der Waals surface area contributed by atoms with Crippen molar-refractivity contribution >= 4 is 11.6 Å². The summed E-state index contributed by atoms with van der Waals surface area (Å²) in [5.41, 5.74) is 1.29. The molecule has 0 N–H and O–H groups in total. The van der Waals surface area contributed by atoms with Gasteiger partial charge in [-0.3, -0.25) is 0 Å². The van der Waals surface area contributed by atoms with Crippen molar-refractivity contribution in [2.45, 2.75) is 30.6 Å². The topological polar surface area (TPSA) is 18.5 Å². The molecule has 1 saturated carbocycles. The maximum atomic E-state index is 6.32. The van der Waals surface area contributed by atoms with E-state index in [1.54, 1.807) is 0 Å². The van der Waals surface area contributed by atoms with Crippen molar-refractivity contribution in [2.24, 2.45) is 0 Å². The summed E-state index contributed by atoms with van der Waals surface area (Å²) in [5, 5.41) is 0.280. The first-order valence-electron chi connectivity index (χ1n) is 5.88. The lowest BCUT2D eigenvalue weighted by Crippen LogP contribution is -2.16. The van der Waals surface area contributed by atoms with Crippen LogP contribution in [0.4, 0.5) is 0 Å². The number of halogens is 1. The Morgan fingerprint density at radius 2 is 1.88 bits per heavy atom. The van der Waals surface area contributed by atoms with Crippen molar-refractivity contribution in [1.29, 1.82) is 0 Å². The predicted molar refractivity (Wildman–Crippen MR) is 63.7 cm³/mol. The molecule has 1 heterocycles. The van der Waals surface area contributed by atoms with Gasteiger partial charge in [0.25, 0.3) is 0 Å². The summed E-state index contributed by atoms with van der Waals surface area (Å²) in [5.74, 6) is 2.22. The third-order valence-corrected chi connectivity index (χ3v) is 3.95. The van der Waals surface area contributed by atoms with Crippen molar-refractivity contribution in [3.63, 3.8) is 0 Å². The molecule has 0 amide bonds. The van der Waals surface area contributed by atoms with Crippen LogP contribution in [0.25, 0.3) is 0 Å². The fraction of sp³-hybridized carbons (Fsp3) is 0.538. The number of benzene rings is 1. The summed E-state index contributed by atoms with van der Waals surface area (Å²) in [6.07, 6.45) is 3.54. The lowest BCUT2D eigenvalue weighted by Gasteiger charge is -2.21. The zero-order valence-corrected chi connectivity index (χ0v) is 9.87. The monoisotopic (exact) mass is 238 g/mol. The summed E-state index contributed by atoms with van der Waals surface area (Å²) in [6.45, 7) is 1.29. The number of fused-ring (bicyclic) bond motifs is 1. The Morgan fingerprint density at radius 1 is 1.06 bits per heavy atom. The predicted octanol–water partition coefficient (Wildman–Crippen LogP) is 3.33. The molecule has 2 nitrogen and oxygen atoms in total. The fourth-order valence-electron chi connectivity index (χ4n) is 2.58. The maximum Gasteiger partial charge on any atom is 0.161 e. The summed E-state index contributed by atoms with van der Waals surface area (Å²) in [6, 6.07) is 6.23. The first kappa shape index (κ1) is 10.3. The van der Waals surface area contributed by atoms with E-state index in [2.05, 4.69) is 12.1 Å². The summed E-state index contributed by atoms with van der Waals surface area (Å²) >= 11 is 6.32. The number of hydrogen-bond acceptors (Lipinski definition) is 2. The van der Waals surface area contributed by atoms with Gasteiger partial charge >= 0.3 is 0 Å². The zero-order valence-electron chi connectivity index (χ0n) is 9.12. The van der Waals surface area contributed by atoms with E-state index in [0.717, 1.165) is 17.9 Å². The Hall–Kier alpha value is -0.890. The van der Waals surface area contributed by atoms with Gasteiger partial charge in [0.05, 0.1) is 0 Å². The fourth-order valence-corrected chi connectivity index (χ4v) is 3.01. The Labute approximate surface area is 101 Å². The van der Waals surface area contributed by atoms with E-state index < -0.39 is 0 Å². The van der Waals surface area contributed by atoms with Crippen LogP contribution in [0, 0.1) is 0 Å². The first-order valence-corrected chi connectivity index (χ1v) is 6.32. The molecule has 1 aromatic carbocycles. The minimum Gasteiger partial charge on any atom is -0.486 e. The molecule has 0 bridgehead atoms. The van der Waals surface area contributed by atoms with Crippen LogP contribution >= 0.6 is 11.6 Å². The van der Waals surface area contributed by atoms with Gasteiger partial charge in [0.1, 0.15) is 13.2 Å². The lowest BCUT2D eigenvalue weighted by molar-refractivity contribution is 0.171. The van der Waals surface area contributed by atoms with E-state index >= 15 is 0 Å². The van der Waals surface area contributed by atoms with Crippen LogP contribution in [0.2, 0.25) is 0 Å². The van der Waals surface area contributed by atoms with Crippen molar-refractivity contribution in [3.8, 4) is 11.5 Å². The highest BCUT2D eigenvalue weighted by Gasteiger charge is 2.27. The molecule has 0 spiro atoms. The Morgan fingerprint density at radius 3 is 2.62 bits per heavy atom. The lowest BCUT2D eigenvalue weighted by atomic mass is 9.97. The van der Waals surface area contributed by atoms with Gasteiger partial charge in [-0.05, 0) is 30.5 Å². The Bertz CT molecular complexity index is 392. The van der Waals surface area contributed by atoms with Crippen LogP contribution in [0.3, 0.4) is 0 Å². The van der Waals surface area contributed by atoms with Crippen molar-refractivity contribution < 1.29 is 9.47 Å². The van der Waals surface area contributed by atoms with Gasteiger partial charge in [-0.15, -0.1) is 11.6 Å². The second-order valence-corrected chi connectivity index (χ2v) is 5.02. The van der Waals surface area contributed by atoms with Gasteiger partial charge in [0, 0.05) is 11.3 Å². The number of rotatable bonds is 1. The summed E-state index contributed by atoms with van der Waals surface area (Å²) in [4.78, 5) is 0. The first-order chi connectivity index (χ1) is 7.84. The minimum absolute atomic E-state index is 0.280. The van der Waals surface area contributed by atoms with E-state index in [0.29, 0.717) is 19.1 Å². The quantitative estimate of drug-likeness (QED) is 0.699. The van der Waals surface area contributed by atoms with E-state index in [-0.39, 0.29) is 5.38 Å². The molecule has 0 radical (unpaired) electrons. The second-order valence-electron chi connectivity index (χ2n) is 4.46. The van der Waals surface area contributed by atoms with E-state index in [9.17, 15) is 0 Å². The van der Waals surface area contributed by atoms with Crippen LogP contribution in [0.1, 0.15) is 30.7 Å². The molecule has 16 heavy (non-hydrogen) atoms. The molecule has 3 rings (SSSR count). The molecule has 1 aromatic rings. The standard InChI is InChI=1S/C13H15ClO2/c14-11-3-1-2-10(11)9-4-5-12-13(8-9)16-7-6-15-12/h4-5,8,10-11H,1-3,6-7H2. The van der Waals surface area contributed by atoms with Gasteiger partial charge in [-0.2, -0.15) is 0 Å². The van der Waals surface area contributed by atoms with E-state index in [4.69, 9.17) is 21.1 Å². The third kappa shape index (κ3) is 1.75. The molecule has 86 valence electrons. The van der Waals surface area contributed by atoms with Crippen LogP contribution in [0.15, 0.2) is 18.2 Å². The van der Waals surface area contributed by atoms with Gasteiger partial charge in [-0.1, -0.05) is 12.5 Å². The largest absolute Gasteiger partial charge is 0.486 e. The van der Waals surface area contributed by atoms with E-state index in [1.807, 2.05) is 6.07 Å². The highest BCUT2D eigenvalue weighted by atomic mass is 35.5. The third-order valence-electron chi connectivity index (χ3n) is 3.43. The molecule has 0 saturated heterocycles. The molecule has 0 aromatic heterocycles. The number of alkyl halides is 1. The van der Waals surface area contributed by atoms with Gasteiger partial charge in [0.2, 0.25) is 0 Å². The van der Waals surface area contributed by atoms with Crippen LogP contribution in [0.5, 0.6) is 11.5 Å². The number of ether oxygens (including phenoxy) is 2. The average Bonchev–Trinajstić information content (AvgIpc) is 2.75. The van der Waals surface area contributed by atoms with Crippen LogP contribution in [-0.2, 0) is 0 Å². The summed E-state index contributed by atoms with van der Waals surface area (Å²) in [7, 11) is 0. The Kier molecular flexibility index (Phi) is 2.68. The van der Waals surface area contributed by atoms with Gasteiger partial charge < -0.3 is 9.47 Å². The highest BCUT2D eigenvalue weighted by molar-refractivity contribution is 6.21. The zero-order chi connectivity index (χ0) is 11.0. The smallest absolute Gasteiger partial charge is 0.161 e. The van der Waals surface area contributed by atoms with E-state index in [1.165, 1.54) is 18.4 Å². The normalized spacial score (nSPS) is 28.1. The van der Waals surface area contributed by atoms with Gasteiger partial charge in [-0.25, -0.2) is 0 Å². The highest BCUT2D eigenvalue weighted by Crippen LogP contribution is 2.41. The Balaban J connectivity index is 1.90. The molecule has 1 aliphatic heterocycles. The summed E-state index contributed by atoms with van der Waals surface area (Å²) < 4.78 is 11.1. The van der Waals surface area contributed by atoms with Gasteiger partial charge in [0.15, 0.2) is 11.5 Å². The van der Waals surface area contributed by atoms with Crippen molar-refractivity contribution in [3.05, 3.63) is 23.8 Å².